The second-order valence-corrected chi connectivity index (χ2v) is 11.4. The Labute approximate surface area is 232 Å². The van der Waals surface area contributed by atoms with Crippen LogP contribution in [0.25, 0.3) is 28.2 Å². The highest BCUT2D eigenvalue weighted by molar-refractivity contribution is 8.18. The molecule has 0 radical (unpaired) electrons. The Balaban J connectivity index is 1.26. The summed E-state index contributed by atoms with van der Waals surface area (Å²) in [6.07, 6.45) is 7.01. The van der Waals surface area contributed by atoms with Crippen LogP contribution in [0.3, 0.4) is 0 Å². The second-order valence-electron chi connectivity index (χ2n) is 10.00. The number of nitrogens with zero attached hydrogens (tertiary/aromatic N) is 6. The van der Waals surface area contributed by atoms with Crippen LogP contribution in [-0.4, -0.2) is 76.7 Å². The van der Waals surface area contributed by atoms with Gasteiger partial charge in [0.05, 0.1) is 26.8 Å². The fourth-order valence-corrected chi connectivity index (χ4v) is 6.69. The lowest BCUT2D eigenvalue weighted by molar-refractivity contribution is -0.113. The van der Waals surface area contributed by atoms with Crippen molar-refractivity contribution in [2.75, 3.05) is 50.7 Å². The minimum Gasteiger partial charge on any atom is -0.368 e. The highest BCUT2D eigenvalue weighted by Crippen LogP contribution is 2.35. The van der Waals surface area contributed by atoms with Gasteiger partial charge >= 0.3 is 0 Å². The Kier molecular flexibility index (Phi) is 7.37. The third kappa shape index (κ3) is 5.17. The number of piperazine rings is 1. The molecule has 0 unspecified atom stereocenters. The van der Waals surface area contributed by atoms with Gasteiger partial charge in [0.1, 0.15) is 6.33 Å². The van der Waals surface area contributed by atoms with Crippen LogP contribution in [0.1, 0.15) is 31.7 Å². The third-order valence-corrected chi connectivity index (χ3v) is 8.76. The van der Waals surface area contributed by atoms with Crippen molar-refractivity contribution in [2.24, 2.45) is 4.99 Å². The fourth-order valence-electron chi connectivity index (χ4n) is 5.43. The highest BCUT2D eigenvalue weighted by atomic mass is 35.5. The van der Waals surface area contributed by atoms with Gasteiger partial charge in [-0.25, -0.2) is 9.97 Å². The van der Waals surface area contributed by atoms with E-state index in [9.17, 15) is 4.79 Å². The highest BCUT2D eigenvalue weighted by Gasteiger charge is 2.27. The lowest BCUT2D eigenvalue weighted by atomic mass is 10.0. The number of anilines is 1. The van der Waals surface area contributed by atoms with E-state index in [0.29, 0.717) is 4.91 Å². The molecule has 0 N–H and O–H groups in total. The molecule has 38 heavy (non-hydrogen) atoms. The number of aromatic nitrogens is 2. The zero-order valence-electron chi connectivity index (χ0n) is 21.6. The normalized spacial score (nSPS) is 19.7. The Morgan fingerprint density at radius 2 is 1.79 bits per heavy atom. The van der Waals surface area contributed by atoms with Crippen molar-refractivity contribution in [1.29, 1.82) is 0 Å². The molecule has 2 fully saturated rings. The number of thioether (sulfide) groups is 1. The van der Waals surface area contributed by atoms with Crippen LogP contribution >= 0.6 is 23.4 Å². The van der Waals surface area contributed by atoms with Gasteiger partial charge in [-0.2, -0.15) is 4.99 Å². The molecule has 7 nitrogen and oxygen atoms in total. The molecular formula is C29H31ClN6OS. The molecule has 3 aliphatic heterocycles. The second kappa shape index (κ2) is 11.0. The number of hydrogen-bond donors (Lipinski definition) is 0. The molecule has 9 heteroatoms. The average molecular weight is 547 g/mol. The maximum Gasteiger partial charge on any atom is 0.286 e. The summed E-state index contributed by atoms with van der Waals surface area (Å²) in [5, 5.41) is 2.48. The molecule has 0 bridgehead atoms. The molecular weight excluding hydrogens is 516 g/mol. The monoisotopic (exact) mass is 546 g/mol. The van der Waals surface area contributed by atoms with Crippen molar-refractivity contribution < 1.29 is 4.79 Å². The Morgan fingerprint density at radius 1 is 0.974 bits per heavy atom. The van der Waals surface area contributed by atoms with Gasteiger partial charge in [-0.15, -0.1) is 0 Å². The maximum atomic E-state index is 12.6. The van der Waals surface area contributed by atoms with Gasteiger partial charge in [-0.3, -0.25) is 9.69 Å². The number of carbonyl (C=O) groups excluding carboxylic acids is 1. The lowest BCUT2D eigenvalue weighted by Crippen LogP contribution is -2.46. The largest absolute Gasteiger partial charge is 0.368 e. The minimum atomic E-state index is -0.167. The quantitative estimate of drug-likeness (QED) is 0.389. The molecule has 0 aliphatic carbocycles. The molecule has 3 aromatic rings. The summed E-state index contributed by atoms with van der Waals surface area (Å²) in [6.45, 7) is 9.41. The Hall–Kier alpha value is -2.94. The molecule has 2 aromatic carbocycles. The number of amidine groups is 1. The first kappa shape index (κ1) is 25.3. The van der Waals surface area contributed by atoms with Gasteiger partial charge in [0, 0.05) is 50.2 Å². The average Bonchev–Trinajstić information content (AvgIpc) is 3.59. The summed E-state index contributed by atoms with van der Waals surface area (Å²) in [7, 11) is 0. The molecule has 0 atom stereocenters. The van der Waals surface area contributed by atoms with Crippen LogP contribution in [0.5, 0.6) is 0 Å². The zero-order chi connectivity index (χ0) is 26.1. The van der Waals surface area contributed by atoms with Crippen LogP contribution in [0.15, 0.2) is 52.6 Å². The molecule has 1 aromatic heterocycles. The molecule has 2 saturated heterocycles. The summed E-state index contributed by atoms with van der Waals surface area (Å²) >= 11 is 8.29. The van der Waals surface area contributed by atoms with E-state index >= 15 is 0 Å². The number of rotatable bonds is 5. The number of likely N-dealkylation sites (tertiary alicyclic amines) is 1. The fraction of sp³-hybridized carbons (Fsp3) is 0.379. The van der Waals surface area contributed by atoms with Crippen molar-refractivity contribution in [3.63, 3.8) is 0 Å². The lowest BCUT2D eigenvalue weighted by Gasteiger charge is -2.36. The predicted molar refractivity (Wildman–Crippen MR) is 158 cm³/mol. The van der Waals surface area contributed by atoms with E-state index in [4.69, 9.17) is 11.6 Å². The maximum absolute atomic E-state index is 12.6. The Bertz CT molecular complexity index is 1430. The smallest absolute Gasteiger partial charge is 0.286 e. The zero-order valence-corrected chi connectivity index (χ0v) is 23.1. The van der Waals surface area contributed by atoms with E-state index in [1.54, 1.807) is 6.33 Å². The SMILES string of the molecule is CCCN1CCN(c2ccc(-c3ncnc4ccc(C=C5SC(N6CCCC6)=NC5=O)cc34)cc2Cl)CC1. The van der Waals surface area contributed by atoms with Gasteiger partial charge in [-0.05, 0) is 73.5 Å². The predicted octanol–water partition coefficient (Wildman–Crippen LogP) is 5.55. The van der Waals surface area contributed by atoms with Crippen LogP contribution in [0, 0.1) is 0 Å². The third-order valence-electron chi connectivity index (χ3n) is 7.42. The van der Waals surface area contributed by atoms with E-state index < -0.39 is 0 Å². The van der Waals surface area contributed by atoms with Crippen molar-refractivity contribution in [3.8, 4) is 11.3 Å². The Morgan fingerprint density at radius 3 is 2.55 bits per heavy atom. The van der Waals surface area contributed by atoms with Gasteiger partial charge < -0.3 is 9.80 Å². The standard InChI is InChI=1S/C29H31ClN6OS/c1-2-9-34-12-14-35(15-13-34)25-8-6-21(18-23(25)30)27-22-16-20(5-7-24(22)31-19-32-27)17-26-28(37)33-29(38-26)36-10-3-4-11-36/h5-8,16-19H,2-4,9-15H2,1H3. The van der Waals surface area contributed by atoms with E-state index in [2.05, 4.69) is 48.7 Å². The van der Waals surface area contributed by atoms with E-state index in [1.165, 1.54) is 18.2 Å². The van der Waals surface area contributed by atoms with Crippen molar-refractivity contribution in [3.05, 3.63) is 58.2 Å². The molecule has 0 saturated carbocycles. The van der Waals surface area contributed by atoms with Crippen molar-refractivity contribution in [2.45, 2.75) is 26.2 Å². The van der Waals surface area contributed by atoms with E-state index in [-0.39, 0.29) is 5.91 Å². The number of aliphatic imine (C=N–C) groups is 1. The number of halogens is 1. The van der Waals surface area contributed by atoms with Gasteiger partial charge in [0.15, 0.2) is 5.17 Å². The first-order valence-electron chi connectivity index (χ1n) is 13.4. The van der Waals surface area contributed by atoms with Gasteiger partial charge in [0.2, 0.25) is 0 Å². The summed E-state index contributed by atoms with van der Waals surface area (Å²) < 4.78 is 0. The van der Waals surface area contributed by atoms with Crippen LogP contribution in [-0.2, 0) is 4.79 Å². The number of carbonyl (C=O) groups is 1. The van der Waals surface area contributed by atoms with E-state index in [0.717, 1.165) is 102 Å². The first-order valence-corrected chi connectivity index (χ1v) is 14.6. The van der Waals surface area contributed by atoms with Gasteiger partial charge in [0.25, 0.3) is 5.91 Å². The summed E-state index contributed by atoms with van der Waals surface area (Å²) in [6, 6.07) is 12.2. The van der Waals surface area contributed by atoms with Crippen LogP contribution in [0.4, 0.5) is 5.69 Å². The molecule has 6 rings (SSSR count). The van der Waals surface area contributed by atoms with Gasteiger partial charge in [-0.1, -0.05) is 30.7 Å². The summed E-state index contributed by atoms with van der Waals surface area (Å²) in [4.78, 5) is 33.7. The molecule has 4 heterocycles. The van der Waals surface area contributed by atoms with Crippen molar-refractivity contribution >= 4 is 57.1 Å². The topological polar surface area (TPSA) is 64.9 Å². The summed E-state index contributed by atoms with van der Waals surface area (Å²) in [5.41, 5.74) is 4.63. The molecule has 0 spiro atoms. The van der Waals surface area contributed by atoms with Crippen LogP contribution in [0.2, 0.25) is 5.02 Å². The van der Waals surface area contributed by atoms with Crippen molar-refractivity contribution in [1.82, 2.24) is 19.8 Å². The number of fused-ring (bicyclic) bond motifs is 1. The number of hydrogen-bond acceptors (Lipinski definition) is 7. The first-order chi connectivity index (χ1) is 18.6. The number of amides is 1. The summed E-state index contributed by atoms with van der Waals surface area (Å²) in [5.74, 6) is -0.167. The molecule has 3 aliphatic rings. The van der Waals surface area contributed by atoms with Crippen LogP contribution < -0.4 is 4.90 Å². The minimum absolute atomic E-state index is 0.167. The number of benzene rings is 2. The van der Waals surface area contributed by atoms with E-state index in [1.807, 2.05) is 30.3 Å². The molecule has 196 valence electrons. The molecule has 1 amide bonds.